The second-order valence-corrected chi connectivity index (χ2v) is 5.79. The first-order chi connectivity index (χ1) is 9.02. The third kappa shape index (κ3) is 3.67. The lowest BCUT2D eigenvalue weighted by molar-refractivity contribution is 0.0839. The maximum Gasteiger partial charge on any atom is 0.0810 e. The van der Waals surface area contributed by atoms with E-state index < -0.39 is 5.60 Å². The Kier molecular flexibility index (Phi) is 4.42. The third-order valence-electron chi connectivity index (χ3n) is 3.73. The van der Waals surface area contributed by atoms with Gasteiger partial charge in [0.15, 0.2) is 0 Å². The average molecular weight is 263 g/mol. The summed E-state index contributed by atoms with van der Waals surface area (Å²) in [6.45, 7) is 8.80. The molecule has 1 aromatic rings. The first-order valence-electron chi connectivity index (χ1n) is 7.18. The maximum atomic E-state index is 9.99. The van der Waals surface area contributed by atoms with E-state index in [0.29, 0.717) is 6.54 Å². The molecule has 19 heavy (non-hydrogen) atoms. The fourth-order valence-corrected chi connectivity index (χ4v) is 2.47. The van der Waals surface area contributed by atoms with Crippen molar-refractivity contribution >= 4 is 5.69 Å². The van der Waals surface area contributed by atoms with Crippen molar-refractivity contribution in [3.8, 4) is 0 Å². The van der Waals surface area contributed by atoms with Gasteiger partial charge in [-0.25, -0.2) is 0 Å². The molecular weight excluding hydrogens is 238 g/mol. The standard InChI is InChI=1S/C15H25N3O/c1-4-8-16-12(2)14-6-5-13(10-17-14)18-9-7-15(3,19)11-18/h5-6,10,12,16,19H,4,7-9,11H2,1-3H3. The van der Waals surface area contributed by atoms with Gasteiger partial charge in [-0.3, -0.25) is 4.98 Å². The van der Waals surface area contributed by atoms with Crippen molar-refractivity contribution < 1.29 is 5.11 Å². The normalized spacial score (nSPS) is 24.7. The van der Waals surface area contributed by atoms with Gasteiger partial charge >= 0.3 is 0 Å². The summed E-state index contributed by atoms with van der Waals surface area (Å²) in [4.78, 5) is 6.73. The van der Waals surface area contributed by atoms with Crippen LogP contribution in [0, 0.1) is 0 Å². The van der Waals surface area contributed by atoms with E-state index in [0.717, 1.165) is 37.3 Å². The van der Waals surface area contributed by atoms with Crippen LogP contribution < -0.4 is 10.2 Å². The van der Waals surface area contributed by atoms with Crippen LogP contribution in [-0.4, -0.2) is 35.3 Å². The number of aliphatic hydroxyl groups is 1. The number of aromatic nitrogens is 1. The van der Waals surface area contributed by atoms with Crippen LogP contribution in [-0.2, 0) is 0 Å². The van der Waals surface area contributed by atoms with Crippen LogP contribution in [0.2, 0.25) is 0 Å². The van der Waals surface area contributed by atoms with Gasteiger partial charge < -0.3 is 15.3 Å². The number of hydrogen-bond donors (Lipinski definition) is 2. The van der Waals surface area contributed by atoms with Crippen molar-refractivity contribution in [2.45, 2.75) is 45.3 Å². The summed E-state index contributed by atoms with van der Waals surface area (Å²) in [5.41, 5.74) is 1.61. The molecule has 2 unspecified atom stereocenters. The van der Waals surface area contributed by atoms with Crippen LogP contribution in [0.5, 0.6) is 0 Å². The molecule has 106 valence electrons. The molecule has 0 spiro atoms. The highest BCUT2D eigenvalue weighted by Crippen LogP contribution is 2.26. The molecule has 0 aliphatic carbocycles. The van der Waals surface area contributed by atoms with E-state index in [-0.39, 0.29) is 6.04 Å². The molecule has 4 heteroatoms. The van der Waals surface area contributed by atoms with Crippen molar-refractivity contribution in [3.05, 3.63) is 24.0 Å². The van der Waals surface area contributed by atoms with Gasteiger partial charge in [-0.05, 0) is 45.4 Å². The lowest BCUT2D eigenvalue weighted by atomic mass is 10.1. The van der Waals surface area contributed by atoms with Crippen LogP contribution in [0.4, 0.5) is 5.69 Å². The van der Waals surface area contributed by atoms with Gasteiger partial charge in [-0.1, -0.05) is 6.92 Å². The molecule has 0 radical (unpaired) electrons. The van der Waals surface area contributed by atoms with E-state index in [4.69, 9.17) is 0 Å². The average Bonchev–Trinajstić information content (AvgIpc) is 2.76. The van der Waals surface area contributed by atoms with Gasteiger partial charge in [0.25, 0.3) is 0 Å². The molecule has 4 nitrogen and oxygen atoms in total. The molecule has 1 saturated heterocycles. The Morgan fingerprint density at radius 1 is 1.53 bits per heavy atom. The molecule has 1 aliphatic heterocycles. The highest BCUT2D eigenvalue weighted by atomic mass is 16.3. The van der Waals surface area contributed by atoms with Gasteiger partial charge in [0.1, 0.15) is 0 Å². The van der Waals surface area contributed by atoms with Gasteiger partial charge in [0, 0.05) is 19.1 Å². The van der Waals surface area contributed by atoms with Gasteiger partial charge in [0.05, 0.1) is 23.2 Å². The van der Waals surface area contributed by atoms with E-state index in [9.17, 15) is 5.11 Å². The molecule has 2 N–H and O–H groups in total. The van der Waals surface area contributed by atoms with Crippen molar-refractivity contribution in [3.63, 3.8) is 0 Å². The second-order valence-electron chi connectivity index (χ2n) is 5.79. The predicted octanol–water partition coefficient (Wildman–Crippen LogP) is 2.10. The van der Waals surface area contributed by atoms with Crippen molar-refractivity contribution in [2.24, 2.45) is 0 Å². The minimum Gasteiger partial charge on any atom is -0.388 e. The van der Waals surface area contributed by atoms with Gasteiger partial charge in [-0.2, -0.15) is 0 Å². The lowest BCUT2D eigenvalue weighted by Gasteiger charge is -2.21. The number of β-amino-alcohol motifs (C(OH)–C–C–N with tert-alkyl or cyclic N) is 1. The zero-order chi connectivity index (χ0) is 13.9. The summed E-state index contributed by atoms with van der Waals surface area (Å²) >= 11 is 0. The molecule has 0 amide bonds. The Morgan fingerprint density at radius 3 is 2.84 bits per heavy atom. The number of hydrogen-bond acceptors (Lipinski definition) is 4. The summed E-state index contributed by atoms with van der Waals surface area (Å²) < 4.78 is 0. The molecule has 1 aromatic heterocycles. The smallest absolute Gasteiger partial charge is 0.0810 e. The minimum atomic E-state index is -0.561. The minimum absolute atomic E-state index is 0.288. The van der Waals surface area contributed by atoms with Crippen molar-refractivity contribution in [2.75, 3.05) is 24.5 Å². The Hall–Kier alpha value is -1.13. The Bertz CT molecular complexity index is 402. The largest absolute Gasteiger partial charge is 0.388 e. The Balaban J connectivity index is 1.99. The maximum absolute atomic E-state index is 9.99. The second kappa shape index (κ2) is 5.88. The molecule has 1 fully saturated rings. The number of rotatable bonds is 5. The molecular formula is C15H25N3O. The monoisotopic (exact) mass is 263 g/mol. The molecule has 0 saturated carbocycles. The van der Waals surface area contributed by atoms with E-state index in [1.165, 1.54) is 0 Å². The number of pyridine rings is 1. The van der Waals surface area contributed by atoms with Crippen molar-refractivity contribution in [1.29, 1.82) is 0 Å². The molecule has 0 bridgehead atoms. The zero-order valence-electron chi connectivity index (χ0n) is 12.2. The fraction of sp³-hybridized carbons (Fsp3) is 0.667. The van der Waals surface area contributed by atoms with E-state index in [1.807, 2.05) is 13.1 Å². The number of nitrogens with one attached hydrogen (secondary N) is 1. The topological polar surface area (TPSA) is 48.4 Å². The van der Waals surface area contributed by atoms with Crippen LogP contribution >= 0.6 is 0 Å². The number of anilines is 1. The van der Waals surface area contributed by atoms with E-state index in [2.05, 4.69) is 41.2 Å². The van der Waals surface area contributed by atoms with Crippen LogP contribution in [0.25, 0.3) is 0 Å². The highest BCUT2D eigenvalue weighted by Gasteiger charge is 2.31. The molecule has 2 rings (SSSR count). The predicted molar refractivity (Wildman–Crippen MR) is 78.4 cm³/mol. The molecule has 1 aliphatic rings. The first-order valence-corrected chi connectivity index (χ1v) is 7.18. The summed E-state index contributed by atoms with van der Waals surface area (Å²) in [5, 5.41) is 13.4. The highest BCUT2D eigenvalue weighted by molar-refractivity contribution is 5.46. The first kappa shape index (κ1) is 14.3. The molecule has 0 aromatic carbocycles. The summed E-state index contributed by atoms with van der Waals surface area (Å²) in [6, 6.07) is 4.47. The van der Waals surface area contributed by atoms with E-state index >= 15 is 0 Å². The van der Waals surface area contributed by atoms with E-state index in [1.54, 1.807) is 0 Å². The fourth-order valence-electron chi connectivity index (χ4n) is 2.47. The zero-order valence-corrected chi connectivity index (χ0v) is 12.2. The molecule has 2 heterocycles. The Morgan fingerprint density at radius 2 is 2.32 bits per heavy atom. The Labute approximate surface area is 115 Å². The molecule has 2 atom stereocenters. The van der Waals surface area contributed by atoms with Crippen LogP contribution in [0.3, 0.4) is 0 Å². The summed E-state index contributed by atoms with van der Waals surface area (Å²) in [7, 11) is 0. The lowest BCUT2D eigenvalue weighted by Crippen LogP contribution is -2.29. The summed E-state index contributed by atoms with van der Waals surface area (Å²) in [5.74, 6) is 0. The third-order valence-corrected chi connectivity index (χ3v) is 3.73. The SMILES string of the molecule is CCCNC(C)c1ccc(N2CCC(C)(O)C2)cn1. The van der Waals surface area contributed by atoms with Crippen LogP contribution in [0.1, 0.15) is 45.3 Å². The quantitative estimate of drug-likeness (QED) is 0.854. The summed E-state index contributed by atoms with van der Waals surface area (Å²) in [6.07, 6.45) is 3.87. The van der Waals surface area contributed by atoms with Crippen LogP contribution in [0.15, 0.2) is 18.3 Å². The van der Waals surface area contributed by atoms with Gasteiger partial charge in [0.2, 0.25) is 0 Å². The number of nitrogens with zero attached hydrogens (tertiary/aromatic N) is 2. The van der Waals surface area contributed by atoms with Gasteiger partial charge in [-0.15, -0.1) is 0 Å². The van der Waals surface area contributed by atoms with Crippen molar-refractivity contribution in [1.82, 2.24) is 10.3 Å².